The summed E-state index contributed by atoms with van der Waals surface area (Å²) in [5.74, 6) is 0.644. The Morgan fingerprint density at radius 3 is 2.41 bits per heavy atom. The second-order valence-corrected chi connectivity index (χ2v) is 7.19. The summed E-state index contributed by atoms with van der Waals surface area (Å²) in [5, 5.41) is 5.58. The van der Waals surface area contributed by atoms with Crippen LogP contribution < -0.4 is 5.32 Å². The minimum Gasteiger partial charge on any atom is -0.456 e. The van der Waals surface area contributed by atoms with Crippen molar-refractivity contribution >= 4 is 21.9 Å². The van der Waals surface area contributed by atoms with Crippen LogP contribution in [0.5, 0.6) is 0 Å². The zero-order valence-corrected chi connectivity index (χ0v) is 17.5. The number of hydrogen-bond acceptors (Lipinski definition) is 2. The Hall–Kier alpha value is -2.48. The average molecular weight is 364 g/mol. The van der Waals surface area contributed by atoms with E-state index in [1.165, 1.54) is 21.9 Å². The third-order valence-corrected chi connectivity index (χ3v) is 4.33. The van der Waals surface area contributed by atoms with Gasteiger partial charge in [0.1, 0.15) is 11.2 Å². The lowest BCUT2D eigenvalue weighted by molar-refractivity contribution is 0.623. The normalized spacial score (nSPS) is 15.1. The van der Waals surface area contributed by atoms with Crippen LogP contribution in [0.3, 0.4) is 0 Å². The predicted molar refractivity (Wildman–Crippen MR) is 119 cm³/mol. The molecule has 144 valence electrons. The molecule has 2 heterocycles. The zero-order valence-electron chi connectivity index (χ0n) is 17.5. The molecule has 2 heteroatoms. The van der Waals surface area contributed by atoms with Crippen molar-refractivity contribution in [3.05, 3.63) is 72.0 Å². The molecule has 27 heavy (non-hydrogen) atoms. The van der Waals surface area contributed by atoms with Crippen molar-refractivity contribution < 1.29 is 4.42 Å². The number of rotatable bonds is 2. The van der Waals surface area contributed by atoms with Gasteiger partial charge in [-0.2, -0.15) is 0 Å². The van der Waals surface area contributed by atoms with Gasteiger partial charge in [-0.1, -0.05) is 70.2 Å². The van der Waals surface area contributed by atoms with Gasteiger partial charge in [0.2, 0.25) is 0 Å². The SMILES string of the molecule is CC.CC1C=CC=CN1.Cc1ccc2c(c1)oc1c(CC(C)C)cccc12. The number of benzene rings is 2. The molecule has 0 spiro atoms. The maximum Gasteiger partial charge on any atom is 0.138 e. The molecule has 1 N–H and O–H groups in total. The van der Waals surface area contributed by atoms with Gasteiger partial charge in [-0.05, 0) is 55.7 Å². The van der Waals surface area contributed by atoms with Gasteiger partial charge in [0, 0.05) is 16.8 Å². The largest absolute Gasteiger partial charge is 0.456 e. The van der Waals surface area contributed by atoms with Crippen LogP contribution >= 0.6 is 0 Å². The molecule has 1 aliphatic heterocycles. The number of para-hydroxylation sites is 1. The van der Waals surface area contributed by atoms with Gasteiger partial charge in [-0.3, -0.25) is 0 Å². The first-order chi connectivity index (χ1) is 13.0. The molecule has 0 radical (unpaired) electrons. The Morgan fingerprint density at radius 1 is 1.04 bits per heavy atom. The second kappa shape index (κ2) is 10.0. The Morgan fingerprint density at radius 2 is 1.81 bits per heavy atom. The first-order valence-electron chi connectivity index (χ1n) is 10.0. The summed E-state index contributed by atoms with van der Waals surface area (Å²) in [6, 6.07) is 13.4. The predicted octanol–water partition coefficient (Wildman–Crippen LogP) is 7.17. The van der Waals surface area contributed by atoms with Crippen LogP contribution in [0.25, 0.3) is 21.9 Å². The van der Waals surface area contributed by atoms with Crippen molar-refractivity contribution in [3.8, 4) is 0 Å². The van der Waals surface area contributed by atoms with Crippen LogP contribution in [0, 0.1) is 12.8 Å². The van der Waals surface area contributed by atoms with E-state index in [9.17, 15) is 0 Å². The fourth-order valence-corrected chi connectivity index (χ4v) is 3.11. The zero-order chi connectivity index (χ0) is 19.8. The van der Waals surface area contributed by atoms with E-state index in [-0.39, 0.29) is 0 Å². The van der Waals surface area contributed by atoms with Gasteiger partial charge >= 0.3 is 0 Å². The molecule has 0 amide bonds. The summed E-state index contributed by atoms with van der Waals surface area (Å²) in [6.07, 6.45) is 9.15. The van der Waals surface area contributed by atoms with Crippen LogP contribution in [0.4, 0.5) is 0 Å². The van der Waals surface area contributed by atoms with Gasteiger partial charge in [-0.15, -0.1) is 0 Å². The molecular formula is C25H33NO. The van der Waals surface area contributed by atoms with Crippen molar-refractivity contribution in [1.82, 2.24) is 5.32 Å². The number of fused-ring (bicyclic) bond motifs is 3. The van der Waals surface area contributed by atoms with Crippen LogP contribution in [-0.2, 0) is 6.42 Å². The van der Waals surface area contributed by atoms with Gasteiger partial charge in [-0.25, -0.2) is 0 Å². The van der Waals surface area contributed by atoms with Gasteiger partial charge in [0.05, 0.1) is 0 Å². The highest BCUT2D eigenvalue weighted by Crippen LogP contribution is 2.32. The lowest BCUT2D eigenvalue weighted by Crippen LogP contribution is -2.18. The second-order valence-electron chi connectivity index (χ2n) is 7.19. The summed E-state index contributed by atoms with van der Waals surface area (Å²) in [5.41, 5.74) is 4.62. The third kappa shape index (κ3) is 5.50. The molecule has 1 atom stereocenters. The van der Waals surface area contributed by atoms with Crippen molar-refractivity contribution in [2.45, 2.75) is 54.0 Å². The standard InChI is InChI=1S/C17H18O.C6H9N.C2H6/c1-11(2)9-13-5-4-6-15-14-8-7-12(3)10-16(14)18-17(13)15;1-6-4-2-3-5-7-6;1-2/h4-8,10-11H,9H2,1-3H3;2-7H,1H3;1-2H3. The highest BCUT2D eigenvalue weighted by molar-refractivity contribution is 6.05. The van der Waals surface area contributed by atoms with Crippen LogP contribution in [0.2, 0.25) is 0 Å². The smallest absolute Gasteiger partial charge is 0.138 e. The number of allylic oxidation sites excluding steroid dienone is 2. The molecule has 0 aliphatic carbocycles. The van der Waals surface area contributed by atoms with E-state index in [0.717, 1.165) is 17.6 Å². The summed E-state index contributed by atoms with van der Waals surface area (Å²) < 4.78 is 6.07. The average Bonchev–Trinajstić information content (AvgIpc) is 3.03. The first-order valence-corrected chi connectivity index (χ1v) is 10.0. The summed E-state index contributed by atoms with van der Waals surface area (Å²) in [6.45, 7) is 12.7. The van der Waals surface area contributed by atoms with E-state index in [1.807, 2.05) is 32.2 Å². The highest BCUT2D eigenvalue weighted by Gasteiger charge is 2.11. The third-order valence-electron chi connectivity index (χ3n) is 4.33. The van der Waals surface area contributed by atoms with E-state index in [0.29, 0.717) is 12.0 Å². The molecule has 1 aliphatic rings. The summed E-state index contributed by atoms with van der Waals surface area (Å²) in [7, 11) is 0. The molecule has 4 rings (SSSR count). The Balaban J connectivity index is 0.000000244. The minimum atomic E-state index is 0.519. The highest BCUT2D eigenvalue weighted by atomic mass is 16.3. The number of hydrogen-bond donors (Lipinski definition) is 1. The van der Waals surface area contributed by atoms with E-state index in [2.05, 4.69) is 75.5 Å². The molecule has 2 nitrogen and oxygen atoms in total. The molecule has 0 saturated carbocycles. The van der Waals surface area contributed by atoms with E-state index < -0.39 is 0 Å². The van der Waals surface area contributed by atoms with Crippen LogP contribution in [-0.4, -0.2) is 6.04 Å². The number of furan rings is 1. The van der Waals surface area contributed by atoms with Gasteiger partial charge in [0.15, 0.2) is 0 Å². The molecule has 0 bridgehead atoms. The van der Waals surface area contributed by atoms with Crippen molar-refractivity contribution in [2.24, 2.45) is 5.92 Å². The Labute approximate surface area is 164 Å². The number of dihydropyridines is 1. The van der Waals surface area contributed by atoms with E-state index >= 15 is 0 Å². The summed E-state index contributed by atoms with van der Waals surface area (Å²) in [4.78, 5) is 0. The lowest BCUT2D eigenvalue weighted by Gasteiger charge is -2.07. The fraction of sp³-hybridized carbons (Fsp3) is 0.360. The van der Waals surface area contributed by atoms with Crippen molar-refractivity contribution in [3.63, 3.8) is 0 Å². The molecule has 1 aromatic heterocycles. The molecule has 3 aromatic rings. The molecule has 2 aromatic carbocycles. The fourth-order valence-electron chi connectivity index (χ4n) is 3.11. The topological polar surface area (TPSA) is 25.2 Å². The monoisotopic (exact) mass is 363 g/mol. The first kappa shape index (κ1) is 20.8. The number of nitrogens with one attached hydrogen (secondary N) is 1. The molecule has 0 saturated heterocycles. The lowest BCUT2D eigenvalue weighted by atomic mass is 10.0. The van der Waals surface area contributed by atoms with Crippen molar-refractivity contribution in [1.29, 1.82) is 0 Å². The van der Waals surface area contributed by atoms with Gasteiger partial charge in [0.25, 0.3) is 0 Å². The maximum atomic E-state index is 6.07. The maximum absolute atomic E-state index is 6.07. The quantitative estimate of drug-likeness (QED) is 0.522. The Kier molecular flexibility index (Phi) is 7.72. The van der Waals surface area contributed by atoms with E-state index in [4.69, 9.17) is 4.42 Å². The van der Waals surface area contributed by atoms with Crippen LogP contribution in [0.1, 0.15) is 45.7 Å². The van der Waals surface area contributed by atoms with Crippen molar-refractivity contribution in [2.75, 3.05) is 0 Å². The molecule has 1 unspecified atom stereocenters. The molecular weight excluding hydrogens is 330 g/mol. The molecule has 0 fully saturated rings. The summed E-state index contributed by atoms with van der Waals surface area (Å²) >= 11 is 0. The number of aryl methyl sites for hydroxylation is 1. The van der Waals surface area contributed by atoms with E-state index in [1.54, 1.807) is 0 Å². The van der Waals surface area contributed by atoms with Crippen LogP contribution in [0.15, 0.2) is 65.2 Å². The minimum absolute atomic E-state index is 0.519. The van der Waals surface area contributed by atoms with Gasteiger partial charge < -0.3 is 9.73 Å². The Bertz CT molecular complexity index is 915.